The van der Waals surface area contributed by atoms with Crippen molar-refractivity contribution in [2.45, 2.75) is 5.41 Å². The topological polar surface area (TPSA) is 30.5 Å². The van der Waals surface area contributed by atoms with Gasteiger partial charge in [-0.1, -0.05) is 158 Å². The molecule has 1 unspecified atom stereocenters. The van der Waals surface area contributed by atoms with Crippen molar-refractivity contribution in [3.8, 4) is 39.4 Å². The van der Waals surface area contributed by atoms with E-state index in [2.05, 4.69) is 234 Å². The summed E-state index contributed by atoms with van der Waals surface area (Å²) in [6, 6.07) is 83.2. The van der Waals surface area contributed by atoms with Crippen molar-refractivity contribution in [1.29, 1.82) is 0 Å². The lowest BCUT2D eigenvalue weighted by atomic mass is 9.68. The maximum absolute atomic E-state index is 7.21. The highest BCUT2D eigenvalue weighted by Crippen LogP contribution is 2.64. The first-order valence-electron chi connectivity index (χ1n) is 22.2. The fourth-order valence-electron chi connectivity index (χ4n) is 11.0. The average molecular weight is 831 g/mol. The number of furan rings is 1. The number of anilines is 3. The molecule has 2 aromatic heterocycles. The van der Waals surface area contributed by atoms with E-state index in [1.807, 2.05) is 6.07 Å². The van der Waals surface area contributed by atoms with Crippen molar-refractivity contribution in [2.24, 2.45) is 0 Å². The molecule has 0 radical (unpaired) electrons. The van der Waals surface area contributed by atoms with E-state index in [-0.39, 0.29) is 0 Å². The fraction of sp³-hybridized carbons (Fsp3) is 0.0164. The molecule has 0 fully saturated rings. The number of para-hydroxylation sites is 4. The molecule has 4 nitrogen and oxygen atoms in total. The zero-order valence-corrected chi connectivity index (χ0v) is 35.2. The number of ether oxygens (including phenoxy) is 1. The number of benzene rings is 10. The van der Waals surface area contributed by atoms with Gasteiger partial charge in [0.25, 0.3) is 0 Å². The van der Waals surface area contributed by atoms with Crippen LogP contribution in [0.4, 0.5) is 17.1 Å². The quantitative estimate of drug-likeness (QED) is 0.173. The second-order valence-corrected chi connectivity index (χ2v) is 17.2. The molecule has 4 heteroatoms. The number of aromatic nitrogens is 1. The van der Waals surface area contributed by atoms with Crippen molar-refractivity contribution in [1.82, 2.24) is 4.57 Å². The number of rotatable bonds is 5. The van der Waals surface area contributed by atoms with Crippen LogP contribution in [0.5, 0.6) is 11.5 Å². The molecule has 14 rings (SSSR count). The van der Waals surface area contributed by atoms with E-state index in [1.54, 1.807) is 0 Å². The predicted molar refractivity (Wildman–Crippen MR) is 266 cm³/mol. The molecule has 12 aromatic rings. The van der Waals surface area contributed by atoms with E-state index in [0.717, 1.165) is 73.2 Å². The zero-order chi connectivity index (χ0) is 42.6. The molecule has 1 aliphatic carbocycles. The molecule has 1 atom stereocenters. The van der Waals surface area contributed by atoms with Gasteiger partial charge < -0.3 is 18.6 Å². The van der Waals surface area contributed by atoms with E-state index in [9.17, 15) is 0 Å². The minimum absolute atomic E-state index is 0.758. The molecular formula is C61H38N2O2. The molecule has 65 heavy (non-hydrogen) atoms. The Bertz CT molecular complexity index is 3820. The first-order chi connectivity index (χ1) is 32.2. The third kappa shape index (κ3) is 5.08. The molecule has 0 saturated heterocycles. The van der Waals surface area contributed by atoms with Crippen LogP contribution in [0.3, 0.4) is 0 Å². The second-order valence-electron chi connectivity index (χ2n) is 17.2. The van der Waals surface area contributed by atoms with E-state index >= 15 is 0 Å². The monoisotopic (exact) mass is 830 g/mol. The number of fused-ring (bicyclic) bond motifs is 15. The lowest BCUT2D eigenvalue weighted by molar-refractivity contribution is 0.389. The van der Waals surface area contributed by atoms with Crippen LogP contribution in [0.2, 0.25) is 0 Å². The van der Waals surface area contributed by atoms with Crippen LogP contribution in [-0.4, -0.2) is 4.57 Å². The van der Waals surface area contributed by atoms with Gasteiger partial charge in [0, 0.05) is 38.8 Å². The molecular weight excluding hydrogens is 793 g/mol. The molecule has 1 aliphatic heterocycles. The van der Waals surface area contributed by atoms with Gasteiger partial charge in [0.2, 0.25) is 0 Å². The Morgan fingerprint density at radius 3 is 1.82 bits per heavy atom. The molecule has 0 N–H and O–H groups in total. The second kappa shape index (κ2) is 13.7. The van der Waals surface area contributed by atoms with Gasteiger partial charge in [0.1, 0.15) is 16.7 Å². The summed E-state index contributed by atoms with van der Waals surface area (Å²) in [5, 5.41) is 5.77. The van der Waals surface area contributed by atoms with Gasteiger partial charge in [0.05, 0.1) is 22.1 Å². The van der Waals surface area contributed by atoms with Crippen LogP contribution in [0, 0.1) is 0 Å². The van der Waals surface area contributed by atoms with Crippen molar-refractivity contribution in [2.75, 3.05) is 4.90 Å². The summed E-state index contributed by atoms with van der Waals surface area (Å²) in [6.45, 7) is 0. The molecule has 0 saturated carbocycles. The number of hydrogen-bond acceptors (Lipinski definition) is 3. The smallest absolute Gasteiger partial charge is 0.178 e. The Morgan fingerprint density at radius 2 is 1.02 bits per heavy atom. The largest absolute Gasteiger partial charge is 0.455 e. The van der Waals surface area contributed by atoms with E-state index < -0.39 is 5.41 Å². The van der Waals surface area contributed by atoms with Crippen LogP contribution in [0.25, 0.3) is 71.5 Å². The molecule has 2 aliphatic rings. The van der Waals surface area contributed by atoms with Crippen molar-refractivity contribution < 1.29 is 9.15 Å². The van der Waals surface area contributed by atoms with Gasteiger partial charge in [-0.15, -0.1) is 0 Å². The Balaban J connectivity index is 1.07. The molecule has 10 aromatic carbocycles. The Labute approximate surface area is 375 Å². The fourth-order valence-corrected chi connectivity index (χ4v) is 11.0. The van der Waals surface area contributed by atoms with Crippen LogP contribution in [-0.2, 0) is 5.41 Å². The Morgan fingerprint density at radius 1 is 0.415 bits per heavy atom. The molecule has 0 bridgehead atoms. The van der Waals surface area contributed by atoms with Crippen LogP contribution in [0.1, 0.15) is 22.5 Å². The summed E-state index contributed by atoms with van der Waals surface area (Å²) in [6.07, 6.45) is 0. The Hall–Kier alpha value is -8.60. The predicted octanol–water partition coefficient (Wildman–Crippen LogP) is 16.3. The summed E-state index contributed by atoms with van der Waals surface area (Å²) < 4.78 is 16.6. The molecule has 0 amide bonds. The first kappa shape index (κ1) is 35.9. The van der Waals surface area contributed by atoms with Gasteiger partial charge in [-0.3, -0.25) is 0 Å². The summed E-state index contributed by atoms with van der Waals surface area (Å²) in [5.74, 6) is 2.37. The highest BCUT2D eigenvalue weighted by Gasteiger charge is 2.54. The zero-order valence-electron chi connectivity index (χ0n) is 35.2. The minimum Gasteiger partial charge on any atom is -0.455 e. The normalized spacial score (nSPS) is 14.6. The number of hydrogen-bond donors (Lipinski definition) is 0. The average Bonchev–Trinajstić information content (AvgIpc) is 4.01. The third-order valence-corrected chi connectivity index (χ3v) is 13.8. The highest BCUT2D eigenvalue weighted by molar-refractivity contribution is 6.09. The Kier molecular flexibility index (Phi) is 7.57. The summed E-state index contributed by atoms with van der Waals surface area (Å²) in [4.78, 5) is 2.42. The van der Waals surface area contributed by atoms with Gasteiger partial charge in [-0.25, -0.2) is 0 Å². The standard InChI is InChI=1S/C61H38N2O2/c1-2-15-39(16-3-1)40-29-31-42(32-30-40)62(54-26-14-18-41-17-4-5-19-45(41)54)43-33-35-46-47-36-34-44(63-55-24-10-6-20-48(55)49-21-7-11-25-56(49)63)38-53(47)61(52(46)37-43)51-23-9-13-28-58(51)64-59-50-22-8-12-27-57(50)65-60(59)61/h1-38H. The maximum atomic E-state index is 7.21. The van der Waals surface area contributed by atoms with E-state index in [1.165, 1.54) is 49.3 Å². The molecule has 304 valence electrons. The van der Waals surface area contributed by atoms with Crippen molar-refractivity contribution in [3.05, 3.63) is 253 Å². The van der Waals surface area contributed by atoms with Gasteiger partial charge >= 0.3 is 0 Å². The van der Waals surface area contributed by atoms with Crippen molar-refractivity contribution >= 4 is 60.6 Å². The van der Waals surface area contributed by atoms with Gasteiger partial charge in [-0.05, 0) is 112 Å². The van der Waals surface area contributed by atoms with Crippen molar-refractivity contribution in [3.63, 3.8) is 0 Å². The van der Waals surface area contributed by atoms with Gasteiger partial charge in [0.15, 0.2) is 11.5 Å². The van der Waals surface area contributed by atoms with Gasteiger partial charge in [-0.2, -0.15) is 0 Å². The van der Waals surface area contributed by atoms with E-state index in [0.29, 0.717) is 0 Å². The lowest BCUT2D eigenvalue weighted by Gasteiger charge is -2.37. The number of nitrogens with zero attached hydrogens (tertiary/aromatic N) is 2. The third-order valence-electron chi connectivity index (χ3n) is 13.8. The summed E-state index contributed by atoms with van der Waals surface area (Å²) in [7, 11) is 0. The maximum Gasteiger partial charge on any atom is 0.178 e. The first-order valence-corrected chi connectivity index (χ1v) is 22.2. The molecule has 1 spiro atoms. The van der Waals surface area contributed by atoms with Crippen LogP contribution < -0.4 is 9.64 Å². The molecule has 3 heterocycles. The van der Waals surface area contributed by atoms with E-state index in [4.69, 9.17) is 9.15 Å². The highest BCUT2D eigenvalue weighted by atomic mass is 16.5. The lowest BCUT2D eigenvalue weighted by Crippen LogP contribution is -2.31. The SMILES string of the molecule is c1ccc(-c2ccc(N(c3ccc4c(c3)C3(c5ccccc5Oc5c3oc3ccccc53)c3cc(-n5c6ccccc6c6ccccc65)ccc3-4)c3cccc4ccccc34)cc2)cc1. The minimum atomic E-state index is -0.875. The van der Waals surface area contributed by atoms with Crippen LogP contribution in [0.15, 0.2) is 235 Å². The van der Waals surface area contributed by atoms with Crippen LogP contribution >= 0.6 is 0 Å². The summed E-state index contributed by atoms with van der Waals surface area (Å²) >= 11 is 0. The summed E-state index contributed by atoms with van der Waals surface area (Å²) in [5.41, 5.74) is 14.6.